The zero-order valence-corrected chi connectivity index (χ0v) is 5.97. The van der Waals surface area contributed by atoms with Gasteiger partial charge in [0.15, 0.2) is 0 Å². The number of fused-ring (bicyclic) bond motifs is 1. The first-order valence-corrected chi connectivity index (χ1v) is 3.45. The minimum atomic E-state index is 0.864. The van der Waals surface area contributed by atoms with Gasteiger partial charge in [0.2, 0.25) is 0 Å². The van der Waals surface area contributed by atoms with Crippen LogP contribution >= 0.6 is 0 Å². The fourth-order valence-corrected chi connectivity index (χ4v) is 0.988. The van der Waals surface area contributed by atoms with Crippen molar-refractivity contribution in [2.24, 2.45) is 4.99 Å². The summed E-state index contributed by atoms with van der Waals surface area (Å²) in [5, 5.41) is 0. The highest BCUT2D eigenvalue weighted by atomic mass is 16.5. The number of ether oxygens (including phenoxy) is 1. The quantitative estimate of drug-likeness (QED) is 0.516. The molecule has 0 aromatic rings. The third-order valence-electron chi connectivity index (χ3n) is 1.52. The van der Waals surface area contributed by atoms with Crippen LogP contribution in [0.15, 0.2) is 42.1 Å². The number of amidine groups is 1. The second-order valence-corrected chi connectivity index (χ2v) is 2.25. The molecule has 2 heterocycles. The number of hydrogen-bond donors (Lipinski definition) is 0. The van der Waals surface area contributed by atoms with E-state index in [1.54, 1.807) is 18.7 Å². The summed E-state index contributed by atoms with van der Waals surface area (Å²) in [6.07, 6.45) is 10.8. The van der Waals surface area contributed by atoms with E-state index in [1.165, 1.54) is 0 Å². The molecule has 0 spiro atoms. The predicted molar refractivity (Wildman–Crippen MR) is 42.6 cm³/mol. The Morgan fingerprint density at radius 2 is 2.45 bits per heavy atom. The molecule has 0 aromatic carbocycles. The Labute approximate surface area is 65.0 Å². The van der Waals surface area contributed by atoms with E-state index in [9.17, 15) is 0 Å². The van der Waals surface area contributed by atoms with Crippen LogP contribution in [0.2, 0.25) is 0 Å². The van der Waals surface area contributed by atoms with Gasteiger partial charge in [-0.15, -0.1) is 0 Å². The molecule has 2 aliphatic rings. The first-order chi connectivity index (χ1) is 5.47. The molecule has 0 aromatic heterocycles. The van der Waals surface area contributed by atoms with Crippen molar-refractivity contribution in [3.63, 3.8) is 0 Å². The summed E-state index contributed by atoms with van der Waals surface area (Å²) in [4.78, 5) is 6.16. The monoisotopic (exact) mass is 148 g/mol. The van der Waals surface area contributed by atoms with Crippen molar-refractivity contribution in [2.45, 2.75) is 0 Å². The third kappa shape index (κ3) is 1.17. The van der Waals surface area contributed by atoms with E-state index in [0.29, 0.717) is 0 Å². The van der Waals surface area contributed by atoms with Gasteiger partial charge in [0.1, 0.15) is 12.1 Å². The van der Waals surface area contributed by atoms with Crippen molar-refractivity contribution in [3.8, 4) is 0 Å². The van der Waals surface area contributed by atoms with Crippen molar-refractivity contribution >= 4 is 5.84 Å². The summed E-state index contributed by atoms with van der Waals surface area (Å²) >= 11 is 0. The molecule has 0 fully saturated rings. The van der Waals surface area contributed by atoms with Gasteiger partial charge in [0, 0.05) is 25.0 Å². The Balaban J connectivity index is 2.31. The lowest BCUT2D eigenvalue weighted by atomic mass is 10.4. The summed E-state index contributed by atoms with van der Waals surface area (Å²) in [7, 11) is 0. The van der Waals surface area contributed by atoms with Gasteiger partial charge in [-0.3, -0.25) is 0 Å². The summed E-state index contributed by atoms with van der Waals surface area (Å²) in [6.45, 7) is 0.864. The zero-order chi connectivity index (χ0) is 7.52. The Bertz CT molecular complexity index is 263. The van der Waals surface area contributed by atoms with Crippen LogP contribution in [-0.4, -0.2) is 17.3 Å². The maximum Gasteiger partial charge on any atom is 0.135 e. The number of nitrogens with zero attached hydrogens (tertiary/aromatic N) is 2. The van der Waals surface area contributed by atoms with Gasteiger partial charge in [0.25, 0.3) is 0 Å². The maximum absolute atomic E-state index is 4.97. The highest BCUT2D eigenvalue weighted by Gasteiger charge is 2.07. The lowest BCUT2D eigenvalue weighted by Crippen LogP contribution is -2.25. The third-order valence-corrected chi connectivity index (χ3v) is 1.52. The average molecular weight is 148 g/mol. The molecule has 2 aliphatic heterocycles. The molecule has 56 valence electrons. The lowest BCUT2D eigenvalue weighted by molar-refractivity contribution is 0.398. The fourth-order valence-electron chi connectivity index (χ4n) is 0.988. The molecular formula is C8H8N2O. The Morgan fingerprint density at radius 1 is 1.45 bits per heavy atom. The molecule has 0 atom stereocenters. The number of hydrogen-bond acceptors (Lipinski definition) is 3. The second-order valence-electron chi connectivity index (χ2n) is 2.25. The SMILES string of the molecule is C1=CN=C2C=COC=CN2C1. The zero-order valence-electron chi connectivity index (χ0n) is 5.97. The van der Waals surface area contributed by atoms with Crippen molar-refractivity contribution < 1.29 is 4.74 Å². The van der Waals surface area contributed by atoms with Crippen molar-refractivity contribution in [1.29, 1.82) is 0 Å². The van der Waals surface area contributed by atoms with Gasteiger partial charge in [-0.1, -0.05) is 0 Å². The van der Waals surface area contributed by atoms with E-state index in [4.69, 9.17) is 4.74 Å². The first-order valence-electron chi connectivity index (χ1n) is 3.45. The van der Waals surface area contributed by atoms with Crippen molar-refractivity contribution in [1.82, 2.24) is 4.90 Å². The molecule has 11 heavy (non-hydrogen) atoms. The van der Waals surface area contributed by atoms with Crippen LogP contribution in [0, 0.1) is 0 Å². The highest BCUT2D eigenvalue weighted by molar-refractivity contribution is 5.94. The van der Waals surface area contributed by atoms with Crippen LogP contribution in [0.1, 0.15) is 0 Å². The molecule has 0 saturated carbocycles. The highest BCUT2D eigenvalue weighted by Crippen LogP contribution is 2.05. The maximum atomic E-state index is 4.97. The van der Waals surface area contributed by atoms with E-state index in [0.717, 1.165) is 12.4 Å². The Morgan fingerprint density at radius 3 is 3.45 bits per heavy atom. The van der Waals surface area contributed by atoms with Gasteiger partial charge < -0.3 is 9.64 Å². The standard InChI is InChI=1S/C8H8N2O/c1-3-9-8-2-6-11-7-5-10(8)4-1/h1-3,5-7H,4H2. The van der Waals surface area contributed by atoms with E-state index >= 15 is 0 Å². The lowest BCUT2D eigenvalue weighted by Gasteiger charge is -2.18. The molecule has 3 nitrogen and oxygen atoms in total. The van der Waals surface area contributed by atoms with E-state index in [-0.39, 0.29) is 0 Å². The summed E-state index contributed by atoms with van der Waals surface area (Å²) in [5.41, 5.74) is 0. The summed E-state index contributed by atoms with van der Waals surface area (Å²) in [6, 6.07) is 0. The van der Waals surface area contributed by atoms with Crippen molar-refractivity contribution in [3.05, 3.63) is 37.1 Å². The molecule has 0 N–H and O–H groups in total. The van der Waals surface area contributed by atoms with Gasteiger partial charge >= 0.3 is 0 Å². The largest absolute Gasteiger partial charge is 0.471 e. The van der Waals surface area contributed by atoms with Crippen LogP contribution in [0.25, 0.3) is 0 Å². The number of rotatable bonds is 0. The molecule has 0 bridgehead atoms. The molecule has 0 unspecified atom stereocenters. The van der Waals surface area contributed by atoms with Gasteiger partial charge in [-0.05, 0) is 6.08 Å². The molecule has 2 rings (SSSR count). The normalized spacial score (nSPS) is 20.4. The second kappa shape index (κ2) is 2.62. The molecule has 0 radical (unpaired) electrons. The van der Waals surface area contributed by atoms with E-state index in [2.05, 4.69) is 4.99 Å². The molecule has 0 saturated heterocycles. The van der Waals surface area contributed by atoms with Crippen molar-refractivity contribution in [2.75, 3.05) is 6.54 Å². The summed E-state index contributed by atoms with van der Waals surface area (Å²) in [5.74, 6) is 0.918. The Kier molecular flexibility index (Phi) is 1.48. The molecule has 0 amide bonds. The van der Waals surface area contributed by atoms with Gasteiger partial charge in [-0.2, -0.15) is 0 Å². The van der Waals surface area contributed by atoms with Gasteiger partial charge in [-0.25, -0.2) is 4.99 Å². The number of aliphatic imine (C=N–C) groups is 1. The van der Waals surface area contributed by atoms with Crippen LogP contribution in [-0.2, 0) is 4.74 Å². The van der Waals surface area contributed by atoms with Crippen LogP contribution in [0.3, 0.4) is 0 Å². The first kappa shape index (κ1) is 6.22. The van der Waals surface area contributed by atoms with Crippen LogP contribution in [0.4, 0.5) is 0 Å². The minimum Gasteiger partial charge on any atom is -0.471 e. The topological polar surface area (TPSA) is 24.8 Å². The Hall–Kier alpha value is -1.51. The van der Waals surface area contributed by atoms with Crippen LogP contribution < -0.4 is 0 Å². The molecule has 3 heteroatoms. The predicted octanol–water partition coefficient (Wildman–Crippen LogP) is 1.23. The minimum absolute atomic E-state index is 0.864. The molecular weight excluding hydrogens is 140 g/mol. The van der Waals surface area contributed by atoms with Gasteiger partial charge in [0.05, 0.1) is 6.26 Å². The fraction of sp³-hybridized carbons (Fsp3) is 0.125. The summed E-state index contributed by atoms with van der Waals surface area (Å²) < 4.78 is 4.97. The van der Waals surface area contributed by atoms with Crippen LogP contribution in [0.5, 0.6) is 0 Å². The average Bonchev–Trinajstić information content (AvgIpc) is 2.28. The van der Waals surface area contributed by atoms with E-state index < -0.39 is 0 Å². The molecule has 0 aliphatic carbocycles. The van der Waals surface area contributed by atoms with E-state index in [1.807, 2.05) is 23.3 Å². The smallest absolute Gasteiger partial charge is 0.135 e.